The minimum Gasteiger partial charge on any atom is -0.480 e. The number of rotatable bonds is 4. The Morgan fingerprint density at radius 3 is 2.16 bits per heavy atom. The number of nitrogen functional groups attached to an aromatic ring is 1. The summed E-state index contributed by atoms with van der Waals surface area (Å²) in [4.78, 5) is 24.2. The molecular weight excluding hydrogens is 291 g/mol. The predicted octanol–water partition coefficient (Wildman–Crippen LogP) is 2.51. The lowest BCUT2D eigenvalue weighted by atomic mass is 10.1. The van der Waals surface area contributed by atoms with E-state index < -0.39 is 18.4 Å². The Labute approximate surface area is 120 Å². The van der Waals surface area contributed by atoms with Gasteiger partial charge in [0.05, 0.1) is 15.7 Å². The molecular formula is C12H14Cl2N2O3. The molecule has 0 fully saturated rings. The van der Waals surface area contributed by atoms with Crippen LogP contribution in [0.1, 0.15) is 24.2 Å². The minimum absolute atomic E-state index is 0.162. The van der Waals surface area contributed by atoms with Crippen LogP contribution in [0.4, 0.5) is 5.69 Å². The number of carbonyl (C=O) groups excluding carboxylic acids is 1. The molecule has 7 heteroatoms. The van der Waals surface area contributed by atoms with Crippen LogP contribution in [-0.4, -0.2) is 34.5 Å². The van der Waals surface area contributed by atoms with Crippen molar-refractivity contribution in [1.82, 2.24) is 4.90 Å². The number of amides is 1. The van der Waals surface area contributed by atoms with Crippen molar-refractivity contribution in [3.63, 3.8) is 0 Å². The number of benzene rings is 1. The molecule has 0 aliphatic heterocycles. The van der Waals surface area contributed by atoms with Gasteiger partial charge in [-0.2, -0.15) is 0 Å². The first kappa shape index (κ1) is 15.6. The lowest BCUT2D eigenvalue weighted by Gasteiger charge is -2.25. The average Bonchev–Trinajstić information content (AvgIpc) is 2.31. The van der Waals surface area contributed by atoms with Gasteiger partial charge in [0.25, 0.3) is 5.91 Å². The number of hydrogen-bond acceptors (Lipinski definition) is 3. The van der Waals surface area contributed by atoms with Gasteiger partial charge in [0, 0.05) is 11.6 Å². The third-order valence-electron chi connectivity index (χ3n) is 2.52. The van der Waals surface area contributed by atoms with Gasteiger partial charge in [-0.1, -0.05) is 23.2 Å². The van der Waals surface area contributed by atoms with Gasteiger partial charge in [0.2, 0.25) is 0 Å². The lowest BCUT2D eigenvalue weighted by molar-refractivity contribution is -0.138. The highest BCUT2D eigenvalue weighted by atomic mass is 35.5. The van der Waals surface area contributed by atoms with Crippen molar-refractivity contribution in [3.05, 3.63) is 27.7 Å². The van der Waals surface area contributed by atoms with Crippen LogP contribution in [0.2, 0.25) is 10.0 Å². The molecule has 0 atom stereocenters. The Morgan fingerprint density at radius 2 is 1.79 bits per heavy atom. The van der Waals surface area contributed by atoms with Gasteiger partial charge in [-0.3, -0.25) is 9.59 Å². The second kappa shape index (κ2) is 6.12. The highest BCUT2D eigenvalue weighted by Crippen LogP contribution is 2.29. The van der Waals surface area contributed by atoms with Crippen LogP contribution < -0.4 is 5.73 Å². The van der Waals surface area contributed by atoms with Crippen molar-refractivity contribution in [2.75, 3.05) is 12.3 Å². The van der Waals surface area contributed by atoms with Crippen molar-refractivity contribution in [2.45, 2.75) is 19.9 Å². The van der Waals surface area contributed by atoms with Crippen LogP contribution in [-0.2, 0) is 4.79 Å². The van der Waals surface area contributed by atoms with Crippen LogP contribution in [0, 0.1) is 0 Å². The second-order valence-electron chi connectivity index (χ2n) is 4.27. The minimum atomic E-state index is -1.09. The number of carboxylic acid groups (broad SMARTS) is 1. The van der Waals surface area contributed by atoms with Crippen molar-refractivity contribution >= 4 is 40.8 Å². The summed E-state index contributed by atoms with van der Waals surface area (Å²) in [5.74, 6) is -1.55. The fraction of sp³-hybridized carbons (Fsp3) is 0.333. The second-order valence-corrected chi connectivity index (χ2v) is 5.09. The number of halogens is 2. The number of carbonyl (C=O) groups is 2. The molecule has 0 aromatic heterocycles. The molecule has 0 saturated carbocycles. The van der Waals surface area contributed by atoms with E-state index in [4.69, 9.17) is 34.0 Å². The first-order valence-electron chi connectivity index (χ1n) is 5.51. The Bertz CT molecular complexity index is 495. The summed E-state index contributed by atoms with van der Waals surface area (Å²) in [5.41, 5.74) is 5.98. The van der Waals surface area contributed by atoms with Crippen LogP contribution >= 0.6 is 23.2 Å². The Balaban J connectivity index is 3.13. The molecule has 0 spiro atoms. The first-order chi connectivity index (χ1) is 8.73. The van der Waals surface area contributed by atoms with E-state index in [-0.39, 0.29) is 27.3 Å². The Hall–Kier alpha value is -1.46. The SMILES string of the molecule is CC(C)N(CC(=O)O)C(=O)c1cc(Cl)c(N)c(Cl)c1. The predicted molar refractivity (Wildman–Crippen MR) is 74.7 cm³/mol. The zero-order valence-corrected chi connectivity index (χ0v) is 12.0. The zero-order chi connectivity index (χ0) is 14.7. The number of hydrogen-bond donors (Lipinski definition) is 2. The maximum absolute atomic E-state index is 12.2. The topological polar surface area (TPSA) is 83.6 Å². The molecule has 1 amide bonds. The quantitative estimate of drug-likeness (QED) is 0.837. The fourth-order valence-electron chi connectivity index (χ4n) is 1.51. The van der Waals surface area contributed by atoms with Gasteiger partial charge in [-0.15, -0.1) is 0 Å². The average molecular weight is 305 g/mol. The molecule has 0 aliphatic carbocycles. The fourth-order valence-corrected chi connectivity index (χ4v) is 2.00. The van der Waals surface area contributed by atoms with E-state index in [0.29, 0.717) is 0 Å². The molecule has 5 nitrogen and oxygen atoms in total. The summed E-state index contributed by atoms with van der Waals surface area (Å²) in [5, 5.41) is 9.14. The highest BCUT2D eigenvalue weighted by Gasteiger charge is 2.22. The van der Waals surface area contributed by atoms with Gasteiger partial charge >= 0.3 is 5.97 Å². The molecule has 104 valence electrons. The molecule has 0 bridgehead atoms. The molecule has 0 unspecified atom stereocenters. The maximum Gasteiger partial charge on any atom is 0.323 e. The molecule has 0 radical (unpaired) electrons. The van der Waals surface area contributed by atoms with E-state index >= 15 is 0 Å². The number of nitrogens with zero attached hydrogens (tertiary/aromatic N) is 1. The van der Waals surface area contributed by atoms with Crippen LogP contribution in [0.3, 0.4) is 0 Å². The summed E-state index contributed by atoms with van der Waals surface area (Å²) in [6.45, 7) is 3.05. The van der Waals surface area contributed by atoms with E-state index in [2.05, 4.69) is 0 Å². The van der Waals surface area contributed by atoms with Gasteiger partial charge < -0.3 is 15.7 Å². The van der Waals surface area contributed by atoms with Gasteiger partial charge in [-0.25, -0.2) is 0 Å². The Kier molecular flexibility index (Phi) is 5.03. The van der Waals surface area contributed by atoms with E-state index in [1.54, 1.807) is 13.8 Å². The Morgan fingerprint density at radius 1 is 1.32 bits per heavy atom. The third kappa shape index (κ3) is 3.75. The number of nitrogens with two attached hydrogens (primary N) is 1. The number of aliphatic carboxylic acids is 1. The number of anilines is 1. The molecule has 19 heavy (non-hydrogen) atoms. The third-order valence-corrected chi connectivity index (χ3v) is 3.14. The molecule has 0 saturated heterocycles. The highest BCUT2D eigenvalue weighted by molar-refractivity contribution is 6.39. The molecule has 3 N–H and O–H groups in total. The molecule has 1 aromatic carbocycles. The van der Waals surface area contributed by atoms with Crippen LogP contribution in [0.25, 0.3) is 0 Å². The normalized spacial score (nSPS) is 10.6. The van der Waals surface area contributed by atoms with Crippen LogP contribution in [0.5, 0.6) is 0 Å². The number of carboxylic acids is 1. The smallest absolute Gasteiger partial charge is 0.323 e. The maximum atomic E-state index is 12.2. The lowest BCUT2D eigenvalue weighted by Crippen LogP contribution is -2.40. The first-order valence-corrected chi connectivity index (χ1v) is 6.27. The van der Waals surface area contributed by atoms with Crippen molar-refractivity contribution in [1.29, 1.82) is 0 Å². The van der Waals surface area contributed by atoms with Crippen molar-refractivity contribution < 1.29 is 14.7 Å². The summed E-state index contributed by atoms with van der Waals surface area (Å²) >= 11 is 11.7. The van der Waals surface area contributed by atoms with E-state index in [1.807, 2.05) is 0 Å². The van der Waals surface area contributed by atoms with Crippen molar-refractivity contribution in [2.24, 2.45) is 0 Å². The molecule has 1 aromatic rings. The standard InChI is InChI=1S/C12H14Cl2N2O3/c1-6(2)16(5-10(17)18)12(19)7-3-8(13)11(15)9(14)4-7/h3-4,6H,5,15H2,1-2H3,(H,17,18). The van der Waals surface area contributed by atoms with Gasteiger partial charge in [-0.05, 0) is 26.0 Å². The molecule has 1 rings (SSSR count). The van der Waals surface area contributed by atoms with E-state index in [0.717, 1.165) is 0 Å². The summed E-state index contributed by atoms with van der Waals surface area (Å²) in [7, 11) is 0. The summed E-state index contributed by atoms with van der Waals surface area (Å²) < 4.78 is 0. The zero-order valence-electron chi connectivity index (χ0n) is 10.5. The van der Waals surface area contributed by atoms with Crippen LogP contribution in [0.15, 0.2) is 12.1 Å². The largest absolute Gasteiger partial charge is 0.480 e. The van der Waals surface area contributed by atoms with Gasteiger partial charge in [0.1, 0.15) is 6.54 Å². The van der Waals surface area contributed by atoms with E-state index in [9.17, 15) is 9.59 Å². The van der Waals surface area contributed by atoms with E-state index in [1.165, 1.54) is 17.0 Å². The molecule has 0 aliphatic rings. The monoisotopic (exact) mass is 304 g/mol. The van der Waals surface area contributed by atoms with Gasteiger partial charge in [0.15, 0.2) is 0 Å². The molecule has 0 heterocycles. The van der Waals surface area contributed by atoms with Crippen molar-refractivity contribution in [3.8, 4) is 0 Å². The summed E-state index contributed by atoms with van der Waals surface area (Å²) in [6, 6.07) is 2.49. The summed E-state index contributed by atoms with van der Waals surface area (Å²) in [6.07, 6.45) is 0.